The van der Waals surface area contributed by atoms with Gasteiger partial charge in [0.15, 0.2) is 0 Å². The first-order valence-corrected chi connectivity index (χ1v) is 9.76. The number of benzene rings is 1. The van der Waals surface area contributed by atoms with Gasteiger partial charge in [0.2, 0.25) is 15.9 Å². The van der Waals surface area contributed by atoms with E-state index < -0.39 is 16.1 Å². The van der Waals surface area contributed by atoms with Crippen LogP contribution in [0.15, 0.2) is 47.6 Å². The molecule has 2 aromatic rings. The maximum atomic E-state index is 13.0. The Morgan fingerprint density at radius 1 is 1.28 bits per heavy atom. The zero-order chi connectivity index (χ0) is 17.9. The number of hydrogen-bond acceptors (Lipinski definition) is 4. The zero-order valence-corrected chi connectivity index (χ0v) is 14.9. The van der Waals surface area contributed by atoms with Crippen LogP contribution in [0.1, 0.15) is 24.8 Å². The summed E-state index contributed by atoms with van der Waals surface area (Å²) in [6.07, 6.45) is 5.02. The van der Waals surface area contributed by atoms with E-state index >= 15 is 0 Å². The summed E-state index contributed by atoms with van der Waals surface area (Å²) < 4.78 is 28.9. The predicted molar refractivity (Wildman–Crippen MR) is 93.4 cm³/mol. The van der Waals surface area contributed by atoms with Gasteiger partial charge < -0.3 is 5.32 Å². The van der Waals surface area contributed by atoms with Gasteiger partial charge >= 0.3 is 0 Å². The van der Waals surface area contributed by atoms with E-state index in [1.165, 1.54) is 23.7 Å². The number of aromatic nitrogens is 2. The van der Waals surface area contributed by atoms with Crippen molar-refractivity contribution >= 4 is 15.9 Å². The number of likely N-dealkylation sites (N-methyl/N-ethyl adjacent to an activating group) is 1. The van der Waals surface area contributed by atoms with Gasteiger partial charge in [0, 0.05) is 19.8 Å². The highest BCUT2D eigenvalue weighted by Crippen LogP contribution is 2.25. The lowest BCUT2D eigenvalue weighted by molar-refractivity contribution is -0.125. The van der Waals surface area contributed by atoms with E-state index in [0.717, 1.165) is 18.4 Å². The van der Waals surface area contributed by atoms with Gasteiger partial charge in [0.1, 0.15) is 10.9 Å². The molecule has 1 aromatic carbocycles. The summed E-state index contributed by atoms with van der Waals surface area (Å²) in [7, 11) is -2.22. The average Bonchev–Trinajstić information content (AvgIpc) is 3.11. The molecule has 0 spiro atoms. The molecule has 0 unspecified atom stereocenters. The monoisotopic (exact) mass is 362 g/mol. The molecule has 3 rings (SSSR count). The number of piperidine rings is 1. The van der Waals surface area contributed by atoms with E-state index in [1.807, 2.05) is 30.3 Å². The third-order valence-corrected chi connectivity index (χ3v) is 6.27. The second kappa shape index (κ2) is 7.37. The van der Waals surface area contributed by atoms with Crippen molar-refractivity contribution in [1.29, 1.82) is 0 Å². The lowest BCUT2D eigenvalue weighted by Crippen LogP contribution is -2.51. The summed E-state index contributed by atoms with van der Waals surface area (Å²) >= 11 is 0. The molecule has 1 N–H and O–H groups in total. The molecule has 1 amide bonds. The smallest absolute Gasteiger partial charge is 0.246 e. The number of nitrogens with one attached hydrogen (secondary N) is 1. The predicted octanol–water partition coefficient (Wildman–Crippen LogP) is 1.22. The molecular formula is C17H22N4O3S. The summed E-state index contributed by atoms with van der Waals surface area (Å²) in [5, 5.41) is 6.73. The van der Waals surface area contributed by atoms with Crippen molar-refractivity contribution in [3.8, 4) is 0 Å². The Kier molecular flexibility index (Phi) is 5.19. The highest BCUT2D eigenvalue weighted by Gasteiger charge is 2.37. The second-order valence-corrected chi connectivity index (χ2v) is 7.99. The van der Waals surface area contributed by atoms with Crippen molar-refractivity contribution in [2.45, 2.75) is 36.7 Å². The molecule has 1 aliphatic heterocycles. The first-order chi connectivity index (χ1) is 12.0. The van der Waals surface area contributed by atoms with E-state index in [0.29, 0.717) is 19.5 Å². The quantitative estimate of drug-likeness (QED) is 0.867. The Morgan fingerprint density at radius 2 is 2.04 bits per heavy atom. The van der Waals surface area contributed by atoms with Crippen molar-refractivity contribution in [2.75, 3.05) is 13.6 Å². The van der Waals surface area contributed by atoms with Crippen LogP contribution in [-0.2, 0) is 21.4 Å². The highest BCUT2D eigenvalue weighted by molar-refractivity contribution is 7.89. The number of carbonyl (C=O) groups excluding carboxylic acids is 1. The van der Waals surface area contributed by atoms with Gasteiger partial charge in [0.05, 0.1) is 12.7 Å². The topological polar surface area (TPSA) is 84.3 Å². The Bertz CT molecular complexity index is 833. The van der Waals surface area contributed by atoms with Crippen molar-refractivity contribution < 1.29 is 13.2 Å². The first kappa shape index (κ1) is 17.6. The Balaban J connectivity index is 1.83. The first-order valence-electron chi connectivity index (χ1n) is 8.32. The minimum Gasteiger partial charge on any atom is -0.358 e. The van der Waals surface area contributed by atoms with Crippen molar-refractivity contribution in [2.24, 2.45) is 0 Å². The molecule has 1 fully saturated rings. The van der Waals surface area contributed by atoms with Gasteiger partial charge in [-0.3, -0.25) is 9.48 Å². The van der Waals surface area contributed by atoms with Crippen LogP contribution in [0.2, 0.25) is 0 Å². The minimum absolute atomic E-state index is 0.124. The van der Waals surface area contributed by atoms with Gasteiger partial charge in [-0.15, -0.1) is 0 Å². The second-order valence-electron chi connectivity index (χ2n) is 6.10. The third kappa shape index (κ3) is 3.74. The molecular weight excluding hydrogens is 340 g/mol. The van der Waals surface area contributed by atoms with Crippen molar-refractivity contribution in [1.82, 2.24) is 19.4 Å². The number of nitrogens with zero attached hydrogens (tertiary/aromatic N) is 3. The molecule has 2 heterocycles. The summed E-state index contributed by atoms with van der Waals surface area (Å²) in [5.41, 5.74) is 1.04. The molecule has 0 bridgehead atoms. The average molecular weight is 362 g/mol. The highest BCUT2D eigenvalue weighted by atomic mass is 32.2. The van der Waals surface area contributed by atoms with Crippen LogP contribution in [0, 0.1) is 0 Å². The Labute approximate surface area is 147 Å². The fourth-order valence-corrected chi connectivity index (χ4v) is 4.70. The van der Waals surface area contributed by atoms with Gasteiger partial charge in [-0.05, 0) is 18.4 Å². The van der Waals surface area contributed by atoms with Crippen molar-refractivity contribution in [3.05, 3.63) is 48.3 Å². The molecule has 0 radical (unpaired) electrons. The minimum atomic E-state index is -3.75. The number of carbonyl (C=O) groups is 1. The third-order valence-electron chi connectivity index (χ3n) is 4.41. The molecule has 8 heteroatoms. The van der Waals surface area contributed by atoms with E-state index in [4.69, 9.17) is 0 Å². The van der Waals surface area contributed by atoms with Crippen LogP contribution in [0.5, 0.6) is 0 Å². The van der Waals surface area contributed by atoms with Crippen LogP contribution < -0.4 is 5.32 Å². The van der Waals surface area contributed by atoms with Crippen LogP contribution in [0.4, 0.5) is 0 Å². The lowest BCUT2D eigenvalue weighted by Gasteiger charge is -2.32. The molecule has 1 saturated heterocycles. The van der Waals surface area contributed by atoms with E-state index in [-0.39, 0.29) is 10.8 Å². The molecule has 1 aliphatic rings. The van der Waals surface area contributed by atoms with E-state index in [1.54, 1.807) is 4.68 Å². The molecule has 134 valence electrons. The molecule has 0 saturated carbocycles. The standard InChI is InChI=1S/C17H22N4O3S/c1-18-17(22)16-9-5-6-10-21(16)25(23,24)15-11-19-20(13-15)12-14-7-3-2-4-8-14/h2-4,7-8,11,13,16H,5-6,9-10,12H2,1H3,(H,18,22)/t16-/m0/s1. The van der Waals surface area contributed by atoms with Gasteiger partial charge in [-0.25, -0.2) is 8.42 Å². The van der Waals surface area contributed by atoms with Crippen LogP contribution in [0.25, 0.3) is 0 Å². The van der Waals surface area contributed by atoms with Crippen LogP contribution in [-0.4, -0.2) is 48.0 Å². The molecule has 1 atom stereocenters. The maximum Gasteiger partial charge on any atom is 0.246 e. The normalized spacial score (nSPS) is 18.8. The fourth-order valence-electron chi connectivity index (χ4n) is 3.09. The number of hydrogen-bond donors (Lipinski definition) is 1. The summed E-state index contributed by atoms with van der Waals surface area (Å²) in [6, 6.07) is 9.06. The molecule has 7 nitrogen and oxygen atoms in total. The van der Waals surface area contributed by atoms with Gasteiger partial charge in [-0.2, -0.15) is 9.40 Å². The molecule has 0 aliphatic carbocycles. The SMILES string of the molecule is CNC(=O)[C@@H]1CCCCN1S(=O)(=O)c1cnn(Cc2ccccc2)c1. The summed E-state index contributed by atoms with van der Waals surface area (Å²) in [5.74, 6) is -0.264. The lowest BCUT2D eigenvalue weighted by atomic mass is 10.0. The molecule has 1 aromatic heterocycles. The van der Waals surface area contributed by atoms with E-state index in [9.17, 15) is 13.2 Å². The van der Waals surface area contributed by atoms with E-state index in [2.05, 4.69) is 10.4 Å². The fraction of sp³-hybridized carbons (Fsp3) is 0.412. The van der Waals surface area contributed by atoms with Gasteiger partial charge in [-0.1, -0.05) is 36.8 Å². The Hall–Kier alpha value is -2.19. The maximum absolute atomic E-state index is 13.0. The number of sulfonamides is 1. The number of rotatable bonds is 5. The van der Waals surface area contributed by atoms with Crippen LogP contribution >= 0.6 is 0 Å². The molecule has 25 heavy (non-hydrogen) atoms. The zero-order valence-electron chi connectivity index (χ0n) is 14.1. The number of amides is 1. The van der Waals surface area contributed by atoms with Gasteiger partial charge in [0.25, 0.3) is 0 Å². The largest absolute Gasteiger partial charge is 0.358 e. The van der Waals surface area contributed by atoms with Crippen molar-refractivity contribution in [3.63, 3.8) is 0 Å². The Morgan fingerprint density at radius 3 is 2.76 bits per heavy atom. The summed E-state index contributed by atoms with van der Waals surface area (Å²) in [4.78, 5) is 12.2. The summed E-state index contributed by atoms with van der Waals surface area (Å²) in [6.45, 7) is 0.847. The van der Waals surface area contributed by atoms with Crippen LogP contribution in [0.3, 0.4) is 0 Å².